The maximum atomic E-state index is 13.0. The molecule has 2 rings (SSSR count). The van der Waals surface area contributed by atoms with Crippen molar-refractivity contribution in [1.29, 1.82) is 0 Å². The second-order valence-corrected chi connectivity index (χ2v) is 10.7. The van der Waals surface area contributed by atoms with E-state index in [1.165, 1.54) is 25.3 Å². The molecule has 1 atom stereocenters. The van der Waals surface area contributed by atoms with Gasteiger partial charge in [0.05, 0.1) is 7.11 Å². The molecule has 2 aromatic carbocycles. The first-order valence-corrected chi connectivity index (χ1v) is 14.9. The molecule has 2 aromatic rings. The molecular weight excluding hydrogens is 518 g/mol. The molecule has 0 aliphatic carbocycles. The van der Waals surface area contributed by atoms with Crippen LogP contribution in [0.3, 0.4) is 0 Å². The highest BCUT2D eigenvalue weighted by Crippen LogP contribution is 2.26. The number of aliphatic hydroxyl groups is 1. The van der Waals surface area contributed by atoms with Gasteiger partial charge in [0.2, 0.25) is 5.91 Å². The van der Waals surface area contributed by atoms with Crippen LogP contribution in [-0.4, -0.2) is 40.5 Å². The number of nitrogens with one attached hydrogen (secondary N) is 1. The molecule has 0 heterocycles. The number of allylic oxidation sites excluding steroid dienone is 1. The lowest BCUT2D eigenvalue weighted by molar-refractivity contribution is -0.137. The summed E-state index contributed by atoms with van der Waals surface area (Å²) in [6.45, 7) is 2.15. The smallest absolute Gasteiger partial charge is 0.257 e. The second-order valence-electron chi connectivity index (χ2n) is 10.7. The van der Waals surface area contributed by atoms with Gasteiger partial charge >= 0.3 is 0 Å². The van der Waals surface area contributed by atoms with Crippen LogP contribution in [0.5, 0.6) is 11.5 Å². The van der Waals surface area contributed by atoms with Crippen molar-refractivity contribution in [3.8, 4) is 11.5 Å². The van der Waals surface area contributed by atoms with Crippen LogP contribution in [-0.2, 0) is 16.0 Å². The highest BCUT2D eigenvalue weighted by atomic mass is 16.5. The van der Waals surface area contributed by atoms with Gasteiger partial charge in [0.15, 0.2) is 17.3 Å². The number of phenols is 1. The number of carbonyl (C=O) groups is 3. The van der Waals surface area contributed by atoms with Gasteiger partial charge in [-0.1, -0.05) is 94.4 Å². The van der Waals surface area contributed by atoms with Crippen molar-refractivity contribution in [3.63, 3.8) is 0 Å². The first kappa shape index (κ1) is 33.8. The Morgan fingerprint density at radius 1 is 0.902 bits per heavy atom. The fourth-order valence-corrected chi connectivity index (χ4v) is 4.70. The molecule has 224 valence electrons. The average Bonchev–Trinajstić information content (AvgIpc) is 2.97. The van der Waals surface area contributed by atoms with E-state index in [1.54, 1.807) is 0 Å². The summed E-state index contributed by atoms with van der Waals surface area (Å²) < 4.78 is 5.00. The number of hydrogen-bond donors (Lipinski definition) is 3. The molecule has 0 saturated heterocycles. The SMILES string of the molecule is CCCCCC[C@@](O)(C/C=C\CCCCCCCC(=O)NC(=O)c1ccc(O)c(OC)c1)C(=O)Cc1ccccc1. The van der Waals surface area contributed by atoms with E-state index in [0.717, 1.165) is 63.4 Å². The Hall–Kier alpha value is -3.45. The van der Waals surface area contributed by atoms with E-state index >= 15 is 0 Å². The van der Waals surface area contributed by atoms with Crippen LogP contribution in [0.2, 0.25) is 0 Å². The Morgan fingerprint density at radius 2 is 1.61 bits per heavy atom. The third-order valence-electron chi connectivity index (χ3n) is 7.26. The van der Waals surface area contributed by atoms with E-state index in [1.807, 2.05) is 36.4 Å². The number of hydrogen-bond acceptors (Lipinski definition) is 6. The maximum absolute atomic E-state index is 13.0. The van der Waals surface area contributed by atoms with Crippen molar-refractivity contribution in [2.45, 2.75) is 102 Å². The number of unbranched alkanes of at least 4 members (excludes halogenated alkanes) is 8. The van der Waals surface area contributed by atoms with Gasteiger partial charge in [-0.2, -0.15) is 0 Å². The van der Waals surface area contributed by atoms with Crippen molar-refractivity contribution in [1.82, 2.24) is 5.32 Å². The van der Waals surface area contributed by atoms with Crippen LogP contribution >= 0.6 is 0 Å². The minimum Gasteiger partial charge on any atom is -0.504 e. The van der Waals surface area contributed by atoms with E-state index in [2.05, 4.69) is 18.3 Å². The van der Waals surface area contributed by atoms with Gasteiger partial charge in [0.25, 0.3) is 5.91 Å². The van der Waals surface area contributed by atoms with Crippen LogP contribution in [0.4, 0.5) is 0 Å². The number of Topliss-reactive ketones (excluding diaryl/α,β-unsaturated/α-hetero) is 1. The van der Waals surface area contributed by atoms with Gasteiger partial charge < -0.3 is 14.9 Å². The molecule has 0 fully saturated rings. The van der Waals surface area contributed by atoms with Gasteiger partial charge in [0, 0.05) is 24.8 Å². The molecule has 2 amide bonds. The molecule has 0 spiro atoms. The zero-order valence-electron chi connectivity index (χ0n) is 24.7. The van der Waals surface area contributed by atoms with Crippen LogP contribution in [0.15, 0.2) is 60.7 Å². The summed E-state index contributed by atoms with van der Waals surface area (Å²) >= 11 is 0. The first-order chi connectivity index (χ1) is 19.8. The maximum Gasteiger partial charge on any atom is 0.257 e. The van der Waals surface area contributed by atoms with Gasteiger partial charge in [-0.3, -0.25) is 19.7 Å². The second kappa shape index (κ2) is 18.8. The summed E-state index contributed by atoms with van der Waals surface area (Å²) in [4.78, 5) is 37.4. The molecule has 0 aliphatic heterocycles. The lowest BCUT2D eigenvalue weighted by Crippen LogP contribution is -2.39. The number of phenolic OH excluding ortho intramolecular Hbond substituents is 1. The van der Waals surface area contributed by atoms with Crippen molar-refractivity contribution >= 4 is 17.6 Å². The quantitative estimate of drug-likeness (QED) is 0.120. The number of rotatable bonds is 20. The molecule has 0 saturated carbocycles. The third kappa shape index (κ3) is 12.7. The normalized spacial score (nSPS) is 12.7. The van der Waals surface area contributed by atoms with Gasteiger partial charge in [-0.15, -0.1) is 0 Å². The summed E-state index contributed by atoms with van der Waals surface area (Å²) in [5.41, 5.74) is -0.150. The Balaban J connectivity index is 1.65. The Bertz CT molecular complexity index is 1110. The molecule has 41 heavy (non-hydrogen) atoms. The van der Waals surface area contributed by atoms with Crippen LogP contribution in [0.25, 0.3) is 0 Å². The predicted molar refractivity (Wildman–Crippen MR) is 162 cm³/mol. The zero-order valence-corrected chi connectivity index (χ0v) is 24.7. The number of carbonyl (C=O) groups excluding carboxylic acids is 3. The van der Waals surface area contributed by atoms with E-state index < -0.39 is 11.5 Å². The first-order valence-electron chi connectivity index (χ1n) is 14.9. The molecular formula is C34H47NO6. The number of amides is 2. The summed E-state index contributed by atoms with van der Waals surface area (Å²) in [5, 5.41) is 23.3. The number of ketones is 1. The number of ether oxygens (including phenoxy) is 1. The largest absolute Gasteiger partial charge is 0.504 e. The molecule has 7 heteroatoms. The van der Waals surface area contributed by atoms with Crippen LogP contribution in [0, 0.1) is 0 Å². The number of imide groups is 1. The fraction of sp³-hybridized carbons (Fsp3) is 0.500. The molecule has 7 nitrogen and oxygen atoms in total. The van der Waals surface area contributed by atoms with E-state index in [0.29, 0.717) is 19.3 Å². The van der Waals surface area contributed by atoms with Crippen LogP contribution < -0.4 is 10.1 Å². The van der Waals surface area contributed by atoms with Gasteiger partial charge in [-0.25, -0.2) is 0 Å². The molecule has 0 bridgehead atoms. The molecule has 0 unspecified atom stereocenters. The predicted octanol–water partition coefficient (Wildman–Crippen LogP) is 6.85. The van der Waals surface area contributed by atoms with Crippen molar-refractivity contribution in [3.05, 3.63) is 71.8 Å². The number of methoxy groups -OCH3 is 1. The molecule has 0 aliphatic rings. The average molecular weight is 566 g/mol. The standard InChI is InChI=1S/C34H47NO6/c1-3-4-5-16-23-34(40,31(37)25-27-18-13-12-14-19-27)24-17-11-9-7-6-8-10-15-20-32(38)35-33(39)28-21-22-29(36)30(26-28)41-2/h11-14,17-19,21-22,26,36,40H,3-10,15-16,20,23-25H2,1-2H3,(H,35,38,39)/b17-11-/t34-/m1/s1. The summed E-state index contributed by atoms with van der Waals surface area (Å²) in [5.74, 6) is -0.851. The lowest BCUT2D eigenvalue weighted by Gasteiger charge is -2.26. The Labute approximate surface area is 245 Å². The van der Waals surface area contributed by atoms with E-state index in [9.17, 15) is 24.6 Å². The summed E-state index contributed by atoms with van der Waals surface area (Å²) in [6, 6.07) is 13.8. The topological polar surface area (TPSA) is 113 Å². The minimum atomic E-state index is -1.32. The number of benzene rings is 2. The van der Waals surface area contributed by atoms with Crippen LogP contribution in [0.1, 0.15) is 106 Å². The van der Waals surface area contributed by atoms with Crippen molar-refractivity contribution < 1.29 is 29.3 Å². The van der Waals surface area contributed by atoms with Gasteiger partial charge in [0.1, 0.15) is 5.60 Å². The summed E-state index contributed by atoms with van der Waals surface area (Å²) in [7, 11) is 1.39. The van der Waals surface area contributed by atoms with E-state index in [4.69, 9.17) is 4.74 Å². The third-order valence-corrected chi connectivity index (χ3v) is 7.26. The Kier molecular flexibility index (Phi) is 15.5. The monoisotopic (exact) mass is 565 g/mol. The zero-order chi connectivity index (χ0) is 29.9. The minimum absolute atomic E-state index is 0.0703. The molecule has 0 aromatic heterocycles. The highest BCUT2D eigenvalue weighted by molar-refractivity contribution is 6.05. The summed E-state index contributed by atoms with van der Waals surface area (Å²) in [6.07, 6.45) is 14.9. The van der Waals surface area contributed by atoms with Crippen molar-refractivity contribution in [2.75, 3.05) is 7.11 Å². The highest BCUT2D eigenvalue weighted by Gasteiger charge is 2.33. The molecule has 0 radical (unpaired) electrons. The lowest BCUT2D eigenvalue weighted by atomic mass is 9.85. The van der Waals surface area contributed by atoms with Crippen molar-refractivity contribution in [2.24, 2.45) is 0 Å². The number of aromatic hydroxyl groups is 1. The Morgan fingerprint density at radius 3 is 2.34 bits per heavy atom. The van der Waals surface area contributed by atoms with Gasteiger partial charge in [-0.05, 0) is 49.4 Å². The van der Waals surface area contributed by atoms with E-state index in [-0.39, 0.29) is 41.6 Å². The molecule has 3 N–H and O–H groups in total. The fourth-order valence-electron chi connectivity index (χ4n) is 4.70.